The Morgan fingerprint density at radius 1 is 0.840 bits per heavy atom. The molecule has 1 heterocycles. The Labute approximate surface area is 147 Å². The number of benzene rings is 3. The van der Waals surface area contributed by atoms with Crippen molar-refractivity contribution in [2.45, 2.75) is 20.5 Å². The molecule has 0 fully saturated rings. The molecule has 1 N–H and O–H groups in total. The minimum Gasteiger partial charge on any atom is -0.489 e. The summed E-state index contributed by atoms with van der Waals surface area (Å²) in [4.78, 5) is 8.04. The van der Waals surface area contributed by atoms with E-state index in [0.717, 1.165) is 28.2 Å². The van der Waals surface area contributed by atoms with Crippen molar-refractivity contribution in [3.8, 4) is 17.1 Å². The number of aromatic amines is 1. The van der Waals surface area contributed by atoms with Crippen molar-refractivity contribution in [2.24, 2.45) is 0 Å². The zero-order valence-electron chi connectivity index (χ0n) is 14.4. The fraction of sp³-hybridized carbons (Fsp3) is 0.136. The van der Waals surface area contributed by atoms with Crippen molar-refractivity contribution in [1.29, 1.82) is 0 Å². The molecular weight excluding hydrogens is 308 g/mol. The van der Waals surface area contributed by atoms with Crippen LogP contribution in [0.2, 0.25) is 0 Å². The number of rotatable bonds is 4. The van der Waals surface area contributed by atoms with Crippen molar-refractivity contribution in [1.82, 2.24) is 9.97 Å². The first kappa shape index (κ1) is 15.5. The fourth-order valence-corrected chi connectivity index (χ4v) is 2.82. The first-order valence-corrected chi connectivity index (χ1v) is 8.42. The van der Waals surface area contributed by atoms with Gasteiger partial charge in [0.05, 0.1) is 11.0 Å². The minimum absolute atomic E-state index is 0.573. The summed E-state index contributed by atoms with van der Waals surface area (Å²) in [7, 11) is 0. The number of hydrogen-bond acceptors (Lipinski definition) is 2. The summed E-state index contributed by atoms with van der Waals surface area (Å²) in [6.45, 7) is 4.74. The molecule has 0 saturated carbocycles. The van der Waals surface area contributed by atoms with E-state index in [1.165, 1.54) is 16.7 Å². The van der Waals surface area contributed by atoms with Crippen LogP contribution in [0.4, 0.5) is 0 Å². The van der Waals surface area contributed by atoms with Crippen LogP contribution in [-0.2, 0) is 6.61 Å². The van der Waals surface area contributed by atoms with E-state index in [-0.39, 0.29) is 0 Å². The molecule has 0 aliphatic rings. The molecule has 3 aromatic carbocycles. The molecule has 25 heavy (non-hydrogen) atoms. The second-order valence-electron chi connectivity index (χ2n) is 6.40. The molecule has 0 aliphatic heterocycles. The van der Waals surface area contributed by atoms with E-state index in [1.54, 1.807) is 0 Å². The third-order valence-electron chi connectivity index (χ3n) is 4.29. The number of ether oxygens (including phenoxy) is 1. The number of aryl methyl sites for hydroxylation is 2. The van der Waals surface area contributed by atoms with Crippen LogP contribution in [-0.4, -0.2) is 9.97 Å². The fourth-order valence-electron chi connectivity index (χ4n) is 2.82. The van der Waals surface area contributed by atoms with E-state index in [4.69, 9.17) is 4.74 Å². The molecule has 124 valence electrons. The maximum Gasteiger partial charge on any atom is 0.138 e. The number of nitrogens with one attached hydrogen (secondary N) is 1. The lowest BCUT2D eigenvalue weighted by Crippen LogP contribution is -1.95. The maximum absolute atomic E-state index is 5.87. The largest absolute Gasteiger partial charge is 0.489 e. The molecule has 0 saturated heterocycles. The summed E-state index contributed by atoms with van der Waals surface area (Å²) >= 11 is 0. The van der Waals surface area contributed by atoms with E-state index < -0.39 is 0 Å². The second-order valence-corrected chi connectivity index (χ2v) is 6.40. The third kappa shape index (κ3) is 3.41. The van der Waals surface area contributed by atoms with Crippen molar-refractivity contribution in [2.75, 3.05) is 0 Å². The van der Waals surface area contributed by atoms with Gasteiger partial charge in [-0.3, -0.25) is 0 Å². The number of fused-ring (bicyclic) bond motifs is 1. The molecule has 0 bridgehead atoms. The SMILES string of the molecule is Cc1ccc(COc2ccc(-c3nc4ccc(C)cc4[nH]3)cc2)cc1. The summed E-state index contributed by atoms with van der Waals surface area (Å²) in [5.74, 6) is 1.74. The van der Waals surface area contributed by atoms with Crippen molar-refractivity contribution in [3.63, 3.8) is 0 Å². The average molecular weight is 328 g/mol. The van der Waals surface area contributed by atoms with Gasteiger partial charge in [0.2, 0.25) is 0 Å². The highest BCUT2D eigenvalue weighted by Gasteiger charge is 2.06. The van der Waals surface area contributed by atoms with Crippen molar-refractivity contribution in [3.05, 3.63) is 83.4 Å². The minimum atomic E-state index is 0.573. The lowest BCUT2D eigenvalue weighted by atomic mass is 10.2. The van der Waals surface area contributed by atoms with Gasteiger partial charge in [-0.25, -0.2) is 4.98 Å². The topological polar surface area (TPSA) is 37.9 Å². The predicted molar refractivity (Wildman–Crippen MR) is 102 cm³/mol. The monoisotopic (exact) mass is 328 g/mol. The van der Waals surface area contributed by atoms with E-state index in [0.29, 0.717) is 6.61 Å². The van der Waals surface area contributed by atoms with Crippen LogP contribution in [0.3, 0.4) is 0 Å². The first-order valence-electron chi connectivity index (χ1n) is 8.42. The van der Waals surface area contributed by atoms with E-state index >= 15 is 0 Å². The highest BCUT2D eigenvalue weighted by Crippen LogP contribution is 2.24. The lowest BCUT2D eigenvalue weighted by Gasteiger charge is -2.07. The molecule has 4 aromatic rings. The molecule has 0 radical (unpaired) electrons. The van der Waals surface area contributed by atoms with Gasteiger partial charge < -0.3 is 9.72 Å². The molecule has 0 amide bonds. The standard InChI is InChI=1S/C22H20N2O/c1-15-3-6-17(7-4-15)14-25-19-10-8-18(9-11-19)22-23-20-12-5-16(2)13-21(20)24-22/h3-13H,14H2,1-2H3,(H,23,24). The Bertz CT molecular complexity index is 999. The average Bonchev–Trinajstić information content (AvgIpc) is 3.05. The van der Waals surface area contributed by atoms with E-state index in [2.05, 4.69) is 60.2 Å². The van der Waals surface area contributed by atoms with Gasteiger partial charge in [0, 0.05) is 5.56 Å². The van der Waals surface area contributed by atoms with Crippen LogP contribution in [0.25, 0.3) is 22.4 Å². The van der Waals surface area contributed by atoms with Gasteiger partial charge >= 0.3 is 0 Å². The molecule has 3 nitrogen and oxygen atoms in total. The highest BCUT2D eigenvalue weighted by atomic mass is 16.5. The summed E-state index contributed by atoms with van der Waals surface area (Å²) in [6, 6.07) is 22.7. The molecule has 0 spiro atoms. The van der Waals surface area contributed by atoms with Crippen LogP contribution >= 0.6 is 0 Å². The second kappa shape index (κ2) is 6.44. The highest BCUT2D eigenvalue weighted by molar-refractivity contribution is 5.80. The van der Waals surface area contributed by atoms with Gasteiger partial charge in [-0.1, -0.05) is 35.9 Å². The Morgan fingerprint density at radius 3 is 2.32 bits per heavy atom. The van der Waals surface area contributed by atoms with Gasteiger partial charge in [-0.2, -0.15) is 0 Å². The van der Waals surface area contributed by atoms with Crippen LogP contribution in [0.1, 0.15) is 16.7 Å². The quantitative estimate of drug-likeness (QED) is 0.543. The predicted octanol–water partition coefficient (Wildman–Crippen LogP) is 5.43. The molecule has 0 unspecified atom stereocenters. The number of aromatic nitrogens is 2. The summed E-state index contributed by atoms with van der Waals surface area (Å²) in [5, 5.41) is 0. The third-order valence-corrected chi connectivity index (χ3v) is 4.29. The van der Waals surface area contributed by atoms with Gasteiger partial charge in [0.25, 0.3) is 0 Å². The van der Waals surface area contributed by atoms with Crippen molar-refractivity contribution < 1.29 is 4.74 Å². The number of hydrogen-bond donors (Lipinski definition) is 1. The zero-order valence-corrected chi connectivity index (χ0v) is 14.4. The number of imidazole rings is 1. The van der Waals surface area contributed by atoms with Crippen LogP contribution in [0, 0.1) is 13.8 Å². The molecule has 3 heteroatoms. The Kier molecular flexibility index (Phi) is 3.98. The van der Waals surface area contributed by atoms with Gasteiger partial charge in [0.1, 0.15) is 18.2 Å². The molecule has 0 atom stereocenters. The van der Waals surface area contributed by atoms with E-state index in [9.17, 15) is 0 Å². The zero-order chi connectivity index (χ0) is 17.2. The summed E-state index contributed by atoms with van der Waals surface area (Å²) < 4.78 is 5.87. The van der Waals surface area contributed by atoms with Gasteiger partial charge in [0.15, 0.2) is 0 Å². The normalized spacial score (nSPS) is 11.0. The molecule has 1 aromatic heterocycles. The Morgan fingerprint density at radius 2 is 1.56 bits per heavy atom. The number of nitrogens with zero attached hydrogens (tertiary/aromatic N) is 1. The number of H-pyrrole nitrogens is 1. The van der Waals surface area contributed by atoms with Crippen LogP contribution < -0.4 is 4.74 Å². The van der Waals surface area contributed by atoms with Crippen molar-refractivity contribution >= 4 is 11.0 Å². The summed E-state index contributed by atoms with van der Waals surface area (Å²) in [5.41, 5.74) is 6.76. The molecular formula is C22H20N2O. The summed E-state index contributed by atoms with van der Waals surface area (Å²) in [6.07, 6.45) is 0. The smallest absolute Gasteiger partial charge is 0.138 e. The lowest BCUT2D eigenvalue weighted by molar-refractivity contribution is 0.306. The van der Waals surface area contributed by atoms with Gasteiger partial charge in [-0.05, 0) is 61.4 Å². The maximum atomic E-state index is 5.87. The van der Waals surface area contributed by atoms with Gasteiger partial charge in [-0.15, -0.1) is 0 Å². The van der Waals surface area contributed by atoms with Crippen LogP contribution in [0.5, 0.6) is 5.75 Å². The van der Waals surface area contributed by atoms with E-state index in [1.807, 2.05) is 30.3 Å². The Balaban J connectivity index is 1.49. The molecule has 4 rings (SSSR count). The Hall–Kier alpha value is -3.07. The first-order chi connectivity index (χ1) is 12.2. The molecule has 0 aliphatic carbocycles. The van der Waals surface area contributed by atoms with Crippen LogP contribution in [0.15, 0.2) is 66.7 Å².